The largest absolute Gasteiger partial charge is 0.481 e. The van der Waals surface area contributed by atoms with Crippen molar-refractivity contribution in [2.24, 2.45) is 5.41 Å². The average Bonchev–Trinajstić information content (AvgIpc) is 2.54. The molecular weight excluding hydrogens is 320 g/mol. The summed E-state index contributed by atoms with van der Waals surface area (Å²) in [6.45, 7) is 8.91. The molecule has 1 N–H and O–H groups in total. The molecule has 0 saturated heterocycles. The van der Waals surface area contributed by atoms with E-state index in [4.69, 9.17) is 28.8 Å². The van der Waals surface area contributed by atoms with E-state index in [-0.39, 0.29) is 45.8 Å². The van der Waals surface area contributed by atoms with Gasteiger partial charge in [-0.1, -0.05) is 13.5 Å². The maximum atomic E-state index is 12.0. The molecule has 0 fully saturated rings. The summed E-state index contributed by atoms with van der Waals surface area (Å²) in [5, 5.41) is 8.51. The number of hydrogen-bond acceptors (Lipinski definition) is 7. The fraction of sp³-hybridized carbons (Fsp3) is 0.750. The molecule has 24 heavy (non-hydrogen) atoms. The van der Waals surface area contributed by atoms with Crippen LogP contribution in [-0.4, -0.2) is 56.6 Å². The first-order valence-corrected chi connectivity index (χ1v) is 7.72. The van der Waals surface area contributed by atoms with Crippen LogP contribution in [0.1, 0.15) is 33.6 Å². The summed E-state index contributed by atoms with van der Waals surface area (Å²) in [5.41, 5.74) is -0.574. The van der Waals surface area contributed by atoms with Crippen molar-refractivity contribution in [3.63, 3.8) is 0 Å². The lowest BCUT2D eigenvalue weighted by Crippen LogP contribution is -2.33. The van der Waals surface area contributed by atoms with Gasteiger partial charge in [0.05, 0.1) is 31.3 Å². The van der Waals surface area contributed by atoms with Crippen molar-refractivity contribution in [1.82, 2.24) is 0 Å². The van der Waals surface area contributed by atoms with Gasteiger partial charge >= 0.3 is 11.9 Å². The van der Waals surface area contributed by atoms with Crippen LogP contribution in [0, 0.1) is 5.41 Å². The van der Waals surface area contributed by atoms with Gasteiger partial charge in [0, 0.05) is 0 Å². The lowest BCUT2D eigenvalue weighted by molar-refractivity contribution is -0.170. The van der Waals surface area contributed by atoms with Crippen LogP contribution >= 0.6 is 0 Å². The van der Waals surface area contributed by atoms with Crippen molar-refractivity contribution in [2.75, 3.05) is 33.4 Å². The molecule has 0 saturated carbocycles. The highest BCUT2D eigenvalue weighted by Crippen LogP contribution is 2.21. The van der Waals surface area contributed by atoms with E-state index in [0.29, 0.717) is 6.42 Å². The minimum Gasteiger partial charge on any atom is -0.481 e. The topological polar surface area (TPSA) is 101 Å². The number of carbonyl (C=O) groups excluding carboxylic acids is 1. The second-order valence-corrected chi connectivity index (χ2v) is 5.62. The van der Waals surface area contributed by atoms with Gasteiger partial charge in [0.15, 0.2) is 6.79 Å². The number of hydrogen-bond donors (Lipinski definition) is 1. The third kappa shape index (κ3) is 11.0. The first kappa shape index (κ1) is 22.4. The summed E-state index contributed by atoms with van der Waals surface area (Å²) >= 11 is 0. The highest BCUT2D eigenvalue weighted by atomic mass is 16.7. The van der Waals surface area contributed by atoms with Gasteiger partial charge in [0.25, 0.3) is 0 Å². The van der Waals surface area contributed by atoms with Gasteiger partial charge in [0.2, 0.25) is 0 Å². The van der Waals surface area contributed by atoms with Crippen LogP contribution in [0.25, 0.3) is 0 Å². The number of rotatable bonds is 15. The summed E-state index contributed by atoms with van der Waals surface area (Å²) < 4.78 is 25.8. The summed E-state index contributed by atoms with van der Waals surface area (Å²) in [6, 6.07) is 0. The lowest BCUT2D eigenvalue weighted by Gasteiger charge is -2.23. The van der Waals surface area contributed by atoms with Crippen LogP contribution < -0.4 is 0 Å². The quantitative estimate of drug-likeness (QED) is 0.207. The van der Waals surface area contributed by atoms with E-state index in [0.717, 1.165) is 0 Å². The van der Waals surface area contributed by atoms with Crippen molar-refractivity contribution >= 4 is 11.9 Å². The summed E-state index contributed by atoms with van der Waals surface area (Å²) in [5.74, 6) is -1.28. The molecule has 0 spiro atoms. The maximum Gasteiger partial charge on any atom is 0.311 e. The van der Waals surface area contributed by atoms with E-state index in [1.165, 1.54) is 6.26 Å². The number of carboxylic acids is 1. The van der Waals surface area contributed by atoms with E-state index in [1.807, 2.05) is 6.92 Å². The van der Waals surface area contributed by atoms with Crippen LogP contribution in [-0.2, 0) is 33.3 Å². The molecule has 0 aromatic heterocycles. The molecule has 1 atom stereocenters. The van der Waals surface area contributed by atoms with E-state index in [1.54, 1.807) is 13.8 Å². The minimum atomic E-state index is -0.952. The zero-order valence-electron chi connectivity index (χ0n) is 14.6. The Hall–Kier alpha value is -1.64. The molecule has 0 bridgehead atoms. The Morgan fingerprint density at radius 3 is 2.50 bits per heavy atom. The van der Waals surface area contributed by atoms with Gasteiger partial charge in [0.1, 0.15) is 19.5 Å². The monoisotopic (exact) mass is 348 g/mol. The van der Waals surface area contributed by atoms with Crippen LogP contribution in [0.5, 0.6) is 0 Å². The number of carbonyl (C=O) groups is 2. The van der Waals surface area contributed by atoms with Crippen molar-refractivity contribution in [2.45, 2.75) is 39.7 Å². The molecule has 0 heterocycles. The molecule has 0 aromatic rings. The molecule has 0 aliphatic rings. The molecule has 0 aromatic carbocycles. The molecule has 0 amide bonds. The molecule has 0 aliphatic carbocycles. The Morgan fingerprint density at radius 2 is 1.92 bits per heavy atom. The number of esters is 1. The molecule has 0 radical (unpaired) electrons. The fourth-order valence-electron chi connectivity index (χ4n) is 1.29. The van der Waals surface area contributed by atoms with Crippen molar-refractivity contribution < 1.29 is 38.4 Å². The van der Waals surface area contributed by atoms with Gasteiger partial charge in [-0.2, -0.15) is 0 Å². The zero-order valence-corrected chi connectivity index (χ0v) is 14.6. The Kier molecular flexibility index (Phi) is 11.9. The second kappa shape index (κ2) is 12.7. The minimum absolute atomic E-state index is 0.00135. The normalized spacial score (nSPS) is 12.5. The summed E-state index contributed by atoms with van der Waals surface area (Å²) in [7, 11) is 0. The van der Waals surface area contributed by atoms with Crippen LogP contribution in [0.3, 0.4) is 0 Å². The Bertz CT molecular complexity index is 380. The first-order valence-electron chi connectivity index (χ1n) is 7.72. The third-order valence-electron chi connectivity index (χ3n) is 3.26. The Morgan fingerprint density at radius 1 is 1.21 bits per heavy atom. The third-order valence-corrected chi connectivity index (χ3v) is 3.26. The van der Waals surface area contributed by atoms with E-state index in [2.05, 4.69) is 6.58 Å². The van der Waals surface area contributed by atoms with Crippen molar-refractivity contribution in [3.8, 4) is 0 Å². The van der Waals surface area contributed by atoms with Gasteiger partial charge in [-0.15, -0.1) is 0 Å². The molecule has 8 heteroatoms. The predicted molar refractivity (Wildman–Crippen MR) is 85.1 cm³/mol. The van der Waals surface area contributed by atoms with E-state index < -0.39 is 17.5 Å². The summed E-state index contributed by atoms with van der Waals surface area (Å²) in [4.78, 5) is 22.4. The zero-order chi connectivity index (χ0) is 18.4. The number of ether oxygens (including phenoxy) is 5. The second-order valence-electron chi connectivity index (χ2n) is 5.62. The molecule has 0 rings (SSSR count). The maximum absolute atomic E-state index is 12.0. The fourth-order valence-corrected chi connectivity index (χ4v) is 1.29. The molecule has 140 valence electrons. The number of carboxylic acid groups (broad SMARTS) is 1. The predicted octanol–water partition coefficient (Wildman–Crippen LogP) is 1.93. The van der Waals surface area contributed by atoms with Crippen LogP contribution in [0.4, 0.5) is 0 Å². The number of aliphatic carboxylic acids is 1. The highest BCUT2D eigenvalue weighted by molar-refractivity contribution is 5.75. The van der Waals surface area contributed by atoms with Gasteiger partial charge < -0.3 is 28.8 Å². The Labute approximate surface area is 142 Å². The average molecular weight is 348 g/mol. The van der Waals surface area contributed by atoms with Crippen LogP contribution in [0.2, 0.25) is 0 Å². The smallest absolute Gasteiger partial charge is 0.311 e. The Balaban J connectivity index is 4.23. The standard InChI is InChI=1S/C16H28O8/c1-5-16(3,4)15(19)23-10-13(9-22-11-20-6-2)24-12-21-8-7-14(17)18/h6,13H,2,5,7-12H2,1,3-4H3,(H,17,18). The first-order chi connectivity index (χ1) is 11.3. The highest BCUT2D eigenvalue weighted by Gasteiger charge is 2.28. The van der Waals surface area contributed by atoms with E-state index in [9.17, 15) is 9.59 Å². The molecule has 1 unspecified atom stereocenters. The van der Waals surface area contributed by atoms with Crippen LogP contribution in [0.15, 0.2) is 12.8 Å². The SMILES string of the molecule is C=COCOCC(COC(=O)C(C)(C)CC)OCOCCC(=O)O. The van der Waals surface area contributed by atoms with Gasteiger partial charge in [-0.05, 0) is 20.3 Å². The van der Waals surface area contributed by atoms with Crippen molar-refractivity contribution in [3.05, 3.63) is 12.8 Å². The summed E-state index contributed by atoms with van der Waals surface area (Å²) in [6.07, 6.45) is 1.23. The molecule has 0 aliphatic heterocycles. The van der Waals surface area contributed by atoms with Gasteiger partial charge in [-0.25, -0.2) is 0 Å². The lowest BCUT2D eigenvalue weighted by atomic mass is 9.91. The molecule has 8 nitrogen and oxygen atoms in total. The van der Waals surface area contributed by atoms with Gasteiger partial charge in [-0.3, -0.25) is 9.59 Å². The molecular formula is C16H28O8. The van der Waals surface area contributed by atoms with E-state index >= 15 is 0 Å². The van der Waals surface area contributed by atoms with Crippen molar-refractivity contribution in [1.29, 1.82) is 0 Å².